The van der Waals surface area contributed by atoms with Gasteiger partial charge in [-0.2, -0.15) is 13.2 Å². The number of aryl methyl sites for hydroxylation is 1. The van der Waals surface area contributed by atoms with Crippen molar-refractivity contribution in [2.75, 3.05) is 17.2 Å². The number of β-lactam (4-membered cyclic amide) rings is 1. The molecule has 1 fully saturated rings. The number of rotatable bonds is 8. The van der Waals surface area contributed by atoms with Crippen molar-refractivity contribution >= 4 is 75.3 Å². The van der Waals surface area contributed by atoms with Gasteiger partial charge in [-0.3, -0.25) is 14.5 Å². The molecule has 0 aromatic carbocycles. The predicted octanol–water partition coefficient (Wildman–Crippen LogP) is -0.153. The summed E-state index contributed by atoms with van der Waals surface area (Å²) in [6, 6.07) is 2.84. The number of fused-ring (bicyclic) bond motifs is 1. The lowest BCUT2D eigenvalue weighted by molar-refractivity contribution is -0.671. The van der Waals surface area contributed by atoms with E-state index in [1.807, 2.05) is 36.1 Å². The SMILES string of the molecule is C[n+]1ccc(SCC2=C(C(=O)O)N3C(=O)C(NC(=O)C(=CC(=O)O)c4csc(N)n4)[C@@H]3SC2)cc1.O=C([O-])C(F)(F)F. The maximum atomic E-state index is 12.9. The van der Waals surface area contributed by atoms with Gasteiger partial charge in [0.1, 0.15) is 30.1 Å². The predicted molar refractivity (Wildman–Crippen MR) is 141 cm³/mol. The van der Waals surface area contributed by atoms with E-state index in [1.165, 1.54) is 33.8 Å². The van der Waals surface area contributed by atoms with Crippen LogP contribution in [0.5, 0.6) is 0 Å². The van der Waals surface area contributed by atoms with Crippen LogP contribution in [0.3, 0.4) is 0 Å². The second-order valence-electron chi connectivity index (χ2n) is 8.36. The van der Waals surface area contributed by atoms with Gasteiger partial charge < -0.3 is 31.2 Å². The molecule has 0 spiro atoms. The fourth-order valence-corrected chi connectivity index (χ4v) is 6.49. The third kappa shape index (κ3) is 7.79. The minimum Gasteiger partial charge on any atom is -0.542 e. The van der Waals surface area contributed by atoms with E-state index in [2.05, 4.69) is 10.3 Å². The number of amides is 2. The number of hydrogen-bond acceptors (Lipinski definition) is 11. The van der Waals surface area contributed by atoms with Crippen LogP contribution in [-0.2, 0) is 31.0 Å². The first-order valence-electron chi connectivity index (χ1n) is 11.3. The van der Waals surface area contributed by atoms with Crippen LogP contribution in [0.4, 0.5) is 18.3 Å². The number of nitrogen functional groups attached to an aromatic ring is 1. The summed E-state index contributed by atoms with van der Waals surface area (Å²) in [5, 5.41) is 31.3. The lowest BCUT2D eigenvalue weighted by Crippen LogP contribution is -2.70. The van der Waals surface area contributed by atoms with Crippen molar-refractivity contribution in [1.29, 1.82) is 0 Å². The molecule has 2 aliphatic heterocycles. The number of aliphatic carboxylic acids is 3. The fourth-order valence-electron chi connectivity index (χ4n) is 3.56. The van der Waals surface area contributed by atoms with Crippen molar-refractivity contribution in [3.8, 4) is 0 Å². The quantitative estimate of drug-likeness (QED) is 0.128. The zero-order chi connectivity index (χ0) is 31.4. The zero-order valence-corrected chi connectivity index (χ0v) is 23.6. The van der Waals surface area contributed by atoms with Gasteiger partial charge in [-0.25, -0.2) is 19.1 Å². The van der Waals surface area contributed by atoms with Crippen LogP contribution in [0.2, 0.25) is 0 Å². The summed E-state index contributed by atoms with van der Waals surface area (Å²) in [6.45, 7) is 0. The number of carbonyl (C=O) groups excluding carboxylic acids is 3. The Morgan fingerprint density at radius 1 is 1.29 bits per heavy atom. The number of carbonyl (C=O) groups is 5. The van der Waals surface area contributed by atoms with Gasteiger partial charge in [0.05, 0.1) is 11.3 Å². The molecule has 5 N–H and O–H groups in total. The van der Waals surface area contributed by atoms with E-state index in [-0.39, 0.29) is 22.1 Å². The van der Waals surface area contributed by atoms with Crippen LogP contribution in [-0.4, -0.2) is 78.9 Å². The van der Waals surface area contributed by atoms with E-state index in [0.29, 0.717) is 23.2 Å². The highest BCUT2D eigenvalue weighted by Gasteiger charge is 2.54. The molecule has 2 aromatic rings. The minimum absolute atomic E-state index is 0.0762. The highest BCUT2D eigenvalue weighted by molar-refractivity contribution is 8.01. The molecule has 4 heterocycles. The van der Waals surface area contributed by atoms with Crippen LogP contribution in [0.1, 0.15) is 5.69 Å². The average Bonchev–Trinajstić information content (AvgIpc) is 3.34. The summed E-state index contributed by atoms with van der Waals surface area (Å²) >= 11 is 3.85. The largest absolute Gasteiger partial charge is 0.542 e. The number of thiazole rings is 1. The Bertz CT molecular complexity index is 1480. The lowest BCUT2D eigenvalue weighted by atomic mass is 10.0. The van der Waals surface area contributed by atoms with Gasteiger partial charge in [0.25, 0.3) is 11.8 Å². The molecular weight excluding hydrogens is 627 g/mol. The molecule has 0 aliphatic carbocycles. The summed E-state index contributed by atoms with van der Waals surface area (Å²) < 4.78 is 33.4. The minimum atomic E-state index is -5.19. The molecule has 0 saturated carbocycles. The van der Waals surface area contributed by atoms with Crippen LogP contribution < -0.4 is 20.7 Å². The first-order valence-corrected chi connectivity index (χ1v) is 14.2. The second kappa shape index (κ2) is 13.3. The molecule has 2 aromatic heterocycles. The standard InChI is InChI=1S/C21H19N5O6S3.C2HF3O2/c1-25-4-2-11(3-5-25)33-7-10-8-34-19-15(18(30)26(19)16(10)20(31)32)24-17(29)12(6-14(27)28)13-9-35-21(22)23-13;3-2(4,5)1(6)7/h2-6,9,15,19H,7-8H2,1H3,(H4-,22,23,24,27,28,29,31,32);(H,6,7)/t15?,19-;/m0./s1. The average molecular weight is 648 g/mol. The fraction of sp³-hybridized carbons (Fsp3) is 0.261. The summed E-state index contributed by atoms with van der Waals surface area (Å²) in [4.78, 5) is 63.9. The second-order valence-corrected chi connectivity index (χ2v) is 11.4. The number of aromatic nitrogens is 2. The van der Waals surface area contributed by atoms with Crippen LogP contribution in [0, 0.1) is 0 Å². The van der Waals surface area contributed by atoms with Gasteiger partial charge in [0.2, 0.25) is 0 Å². The third-order valence-corrected chi connectivity index (χ3v) is 8.55. The lowest BCUT2D eigenvalue weighted by Gasteiger charge is -2.49. The number of pyridine rings is 1. The third-order valence-electron chi connectivity index (χ3n) is 5.44. The number of halogens is 3. The summed E-state index contributed by atoms with van der Waals surface area (Å²) in [6.07, 6.45) is -0.723. The van der Waals surface area contributed by atoms with Crippen LogP contribution >= 0.6 is 34.9 Å². The molecule has 0 radical (unpaired) electrons. The molecule has 0 bridgehead atoms. The molecule has 4 rings (SSSR count). The van der Waals surface area contributed by atoms with Gasteiger partial charge in [-0.15, -0.1) is 34.9 Å². The Balaban J connectivity index is 0.000000616. The maximum absolute atomic E-state index is 12.9. The number of thioether (sulfide) groups is 2. The Hall–Kier alpha value is -4.10. The number of hydrogen-bond donors (Lipinski definition) is 4. The number of carboxylic acids is 3. The van der Waals surface area contributed by atoms with E-state index in [9.17, 15) is 37.5 Å². The molecule has 224 valence electrons. The molecule has 42 heavy (non-hydrogen) atoms. The smallest absolute Gasteiger partial charge is 0.430 e. The molecule has 1 unspecified atom stereocenters. The molecule has 2 aliphatic rings. The maximum Gasteiger partial charge on any atom is 0.430 e. The van der Waals surface area contributed by atoms with Crippen molar-refractivity contribution in [2.24, 2.45) is 7.05 Å². The molecule has 2 atom stereocenters. The van der Waals surface area contributed by atoms with Crippen molar-refractivity contribution < 1.29 is 57.0 Å². The topological polar surface area (TPSA) is 207 Å². The van der Waals surface area contributed by atoms with E-state index in [1.54, 1.807) is 0 Å². The number of nitrogens with zero attached hydrogens (tertiary/aromatic N) is 3. The highest BCUT2D eigenvalue weighted by atomic mass is 32.2. The van der Waals surface area contributed by atoms with Gasteiger partial charge in [0.15, 0.2) is 17.5 Å². The van der Waals surface area contributed by atoms with E-state index in [0.717, 1.165) is 16.2 Å². The number of anilines is 1. The van der Waals surface area contributed by atoms with E-state index in [4.69, 9.17) is 20.7 Å². The Morgan fingerprint density at radius 3 is 2.40 bits per heavy atom. The Morgan fingerprint density at radius 2 is 1.90 bits per heavy atom. The zero-order valence-electron chi connectivity index (χ0n) is 21.2. The molecule has 13 nitrogen and oxygen atoms in total. The van der Waals surface area contributed by atoms with E-state index >= 15 is 0 Å². The summed E-state index contributed by atoms with van der Waals surface area (Å²) in [5.74, 6) is -6.20. The van der Waals surface area contributed by atoms with Gasteiger partial charge in [-0.05, 0) is 5.57 Å². The van der Waals surface area contributed by atoms with Crippen LogP contribution in [0.15, 0.2) is 52.1 Å². The van der Waals surface area contributed by atoms with Crippen LogP contribution in [0.25, 0.3) is 5.57 Å². The van der Waals surface area contributed by atoms with Crippen molar-refractivity contribution in [3.63, 3.8) is 0 Å². The van der Waals surface area contributed by atoms with Crippen molar-refractivity contribution in [3.05, 3.63) is 52.9 Å². The number of carboxylic acid groups (broad SMARTS) is 3. The molecular formula is C23H20F3N5O8S3. The first-order chi connectivity index (χ1) is 19.6. The van der Waals surface area contributed by atoms with Crippen molar-refractivity contribution in [2.45, 2.75) is 22.5 Å². The van der Waals surface area contributed by atoms with Gasteiger partial charge in [0, 0.05) is 40.0 Å². The Labute approximate surface area is 246 Å². The van der Waals surface area contributed by atoms with Gasteiger partial charge in [-0.1, -0.05) is 0 Å². The normalized spacial score (nSPS) is 18.3. The van der Waals surface area contributed by atoms with Gasteiger partial charge >= 0.3 is 18.1 Å². The van der Waals surface area contributed by atoms with Crippen molar-refractivity contribution in [1.82, 2.24) is 15.2 Å². The molecule has 19 heteroatoms. The number of nitrogens with one attached hydrogen (secondary N) is 1. The Kier molecular flexibility index (Phi) is 10.2. The first kappa shape index (κ1) is 32.4. The number of alkyl halides is 3. The molecule has 1 saturated heterocycles. The van der Waals surface area contributed by atoms with E-state index < -0.39 is 47.3 Å². The summed E-state index contributed by atoms with van der Waals surface area (Å²) in [7, 11) is 1.90. The monoisotopic (exact) mass is 647 g/mol. The highest BCUT2D eigenvalue weighted by Crippen LogP contribution is 2.41. The number of nitrogens with two attached hydrogens (primary N) is 1. The summed E-state index contributed by atoms with van der Waals surface area (Å²) in [5.41, 5.74) is 5.95. The molecule has 2 amide bonds.